The molecule has 1 rings (SSSR count). The molecule has 0 amide bonds. The minimum Gasteiger partial charge on any atom is -0.460 e. The second-order valence-electron chi connectivity index (χ2n) is 11.3. The van der Waals surface area contributed by atoms with Crippen LogP contribution in [0.2, 0.25) is 64.5 Å². The van der Waals surface area contributed by atoms with Crippen LogP contribution in [0.15, 0.2) is 12.2 Å². The quantitative estimate of drug-likeness (QED) is 0.0569. The summed E-state index contributed by atoms with van der Waals surface area (Å²) in [6.45, 7) is 24.4. The highest BCUT2D eigenvalue weighted by Crippen LogP contribution is 2.52. The van der Waals surface area contributed by atoms with Gasteiger partial charge >= 0.3 is 30.9 Å². The summed E-state index contributed by atoms with van der Waals surface area (Å²) in [6, 6.07) is 1.79. The number of ether oxygens (including phenoxy) is 2. The fraction of sp³-hybridized carbons (Fsp3) is 0.864. The minimum absolute atomic E-state index is 0.229. The van der Waals surface area contributed by atoms with E-state index in [0.717, 1.165) is 24.9 Å². The van der Waals surface area contributed by atoms with Crippen LogP contribution in [0, 0.1) is 0 Å². The molecule has 10 nitrogen and oxygen atoms in total. The Bertz CT molecular complexity index is 781. The Balaban J connectivity index is 2.38. The van der Waals surface area contributed by atoms with E-state index in [9.17, 15) is 9.36 Å². The number of phosphoric acid groups is 1. The summed E-state index contributed by atoms with van der Waals surface area (Å²) in [6.07, 6.45) is 1.59. The first-order valence-electron chi connectivity index (χ1n) is 12.9. The van der Waals surface area contributed by atoms with Crippen molar-refractivity contribution in [1.82, 2.24) is 0 Å². The molecule has 37 heavy (non-hydrogen) atoms. The van der Waals surface area contributed by atoms with Crippen molar-refractivity contribution >= 4 is 47.5 Å². The van der Waals surface area contributed by atoms with Crippen molar-refractivity contribution in [3.8, 4) is 0 Å². The molecule has 1 aliphatic heterocycles. The number of esters is 1. The fourth-order valence-corrected chi connectivity index (χ4v) is 24.6. The number of carbonyl (C=O) groups is 1. The predicted molar refractivity (Wildman–Crippen MR) is 154 cm³/mol. The van der Waals surface area contributed by atoms with Gasteiger partial charge in [0, 0.05) is 12.2 Å². The molecule has 1 saturated heterocycles. The molecule has 0 aromatic carbocycles. The van der Waals surface area contributed by atoms with Crippen LogP contribution in [0.25, 0.3) is 0 Å². The van der Waals surface area contributed by atoms with Crippen LogP contribution in [-0.4, -0.2) is 79.4 Å². The van der Waals surface area contributed by atoms with Gasteiger partial charge < -0.3 is 21.8 Å². The smallest absolute Gasteiger partial charge is 0.460 e. The van der Waals surface area contributed by atoms with Gasteiger partial charge in [-0.1, -0.05) is 6.58 Å². The molecule has 0 aromatic rings. The number of phosphoric ester groups is 1. The average Bonchev–Trinajstić information content (AvgIpc) is 3.14. The maximum atomic E-state index is 12.1. The van der Waals surface area contributed by atoms with Crippen LogP contribution in [0.5, 0.6) is 0 Å². The summed E-state index contributed by atoms with van der Waals surface area (Å²) in [5, 5.41) is 0. The standard InChI is InChI=1S/C22H49O10PSi4/c1-21(2)22(23)26-16-15-25-13-11-19-34(3,4)30-36(7,8)32-37(9,10)31-35(5,6)20-12-14-27-33(24)28-17-18-29-33/h1,11-20H2,2-10H3. The highest BCUT2D eigenvalue weighted by atomic mass is 31.2. The molecular formula is C22H49O10PSi4. The molecular weight excluding hydrogens is 568 g/mol. The van der Waals surface area contributed by atoms with E-state index in [1.807, 2.05) is 0 Å². The van der Waals surface area contributed by atoms with Gasteiger partial charge in [0.25, 0.3) is 0 Å². The summed E-state index contributed by atoms with van der Waals surface area (Å²) in [5.41, 5.74) is 0.385. The van der Waals surface area contributed by atoms with Crippen molar-refractivity contribution in [2.45, 2.75) is 84.2 Å². The molecule has 15 heteroatoms. The lowest BCUT2D eigenvalue weighted by Crippen LogP contribution is -2.56. The first-order valence-corrected chi connectivity index (χ1v) is 26.2. The fourth-order valence-electron chi connectivity index (χ4n) is 4.17. The summed E-state index contributed by atoms with van der Waals surface area (Å²) >= 11 is 0. The van der Waals surface area contributed by atoms with Crippen LogP contribution < -0.4 is 0 Å². The second-order valence-corrected chi connectivity index (χ2v) is 29.1. The van der Waals surface area contributed by atoms with Crippen molar-refractivity contribution in [3.63, 3.8) is 0 Å². The molecule has 0 aromatic heterocycles. The highest BCUT2D eigenvalue weighted by Gasteiger charge is 2.43. The normalized spacial score (nSPS) is 16.7. The van der Waals surface area contributed by atoms with Crippen LogP contribution in [0.1, 0.15) is 19.8 Å². The third kappa shape index (κ3) is 16.0. The van der Waals surface area contributed by atoms with E-state index in [-0.39, 0.29) is 6.61 Å². The van der Waals surface area contributed by atoms with Gasteiger partial charge in [-0.25, -0.2) is 9.36 Å². The maximum Gasteiger partial charge on any atom is 0.474 e. The molecule has 1 fully saturated rings. The number of rotatable bonds is 19. The Kier molecular flexibility index (Phi) is 14.3. The SMILES string of the molecule is C=C(C)C(=O)OCCOCCC[Si](C)(C)O[Si](C)(C)O[Si](C)(C)O[Si](C)(C)CCCOP1(=O)OCCO1. The maximum absolute atomic E-state index is 12.1. The van der Waals surface area contributed by atoms with Crippen LogP contribution in [0.4, 0.5) is 0 Å². The highest BCUT2D eigenvalue weighted by molar-refractivity contribution is 7.48. The van der Waals surface area contributed by atoms with Gasteiger partial charge in [-0.15, -0.1) is 0 Å². The predicted octanol–water partition coefficient (Wildman–Crippen LogP) is 5.94. The zero-order valence-corrected chi connectivity index (χ0v) is 29.2. The van der Waals surface area contributed by atoms with Crippen molar-refractivity contribution in [3.05, 3.63) is 12.2 Å². The summed E-state index contributed by atoms with van der Waals surface area (Å²) < 4.78 is 58.0. The molecule has 0 N–H and O–H groups in total. The number of hydrogen-bond acceptors (Lipinski definition) is 10. The van der Waals surface area contributed by atoms with Crippen LogP contribution >= 0.6 is 7.82 Å². The van der Waals surface area contributed by atoms with E-state index >= 15 is 0 Å². The van der Waals surface area contributed by atoms with Crippen molar-refractivity contribution in [1.29, 1.82) is 0 Å². The zero-order chi connectivity index (χ0) is 28.4. The molecule has 1 heterocycles. The van der Waals surface area contributed by atoms with Gasteiger partial charge in [-0.05, 0) is 84.2 Å². The van der Waals surface area contributed by atoms with E-state index in [0.29, 0.717) is 38.6 Å². The molecule has 1 aliphatic rings. The minimum atomic E-state index is -3.34. The van der Waals surface area contributed by atoms with Gasteiger partial charge in [0.15, 0.2) is 16.6 Å². The van der Waals surface area contributed by atoms with Gasteiger partial charge in [0.1, 0.15) is 6.61 Å². The summed E-state index contributed by atoms with van der Waals surface area (Å²) in [7, 11) is -12.2. The average molecular weight is 617 g/mol. The molecule has 0 bridgehead atoms. The topological polar surface area (TPSA) is 108 Å². The molecule has 0 aliphatic carbocycles. The van der Waals surface area contributed by atoms with Crippen molar-refractivity contribution in [2.24, 2.45) is 0 Å². The van der Waals surface area contributed by atoms with E-state index < -0.39 is 47.5 Å². The molecule has 218 valence electrons. The molecule has 0 atom stereocenters. The number of hydrogen-bond donors (Lipinski definition) is 0. The van der Waals surface area contributed by atoms with Gasteiger partial charge in [-0.2, -0.15) is 0 Å². The van der Waals surface area contributed by atoms with Crippen molar-refractivity contribution in [2.75, 3.05) is 39.6 Å². The van der Waals surface area contributed by atoms with Crippen LogP contribution in [0.3, 0.4) is 0 Å². The van der Waals surface area contributed by atoms with Gasteiger partial charge in [0.05, 0.1) is 26.4 Å². The first kappa shape index (κ1) is 35.1. The molecule has 0 radical (unpaired) electrons. The van der Waals surface area contributed by atoms with E-state index in [1.165, 1.54) is 0 Å². The lowest BCUT2D eigenvalue weighted by molar-refractivity contribution is -0.140. The van der Waals surface area contributed by atoms with Crippen molar-refractivity contribution < 1.29 is 44.7 Å². The van der Waals surface area contributed by atoms with Gasteiger partial charge in [-0.3, -0.25) is 13.6 Å². The monoisotopic (exact) mass is 616 g/mol. The zero-order valence-electron chi connectivity index (χ0n) is 24.3. The van der Waals surface area contributed by atoms with E-state index in [1.54, 1.807) is 6.92 Å². The van der Waals surface area contributed by atoms with E-state index in [2.05, 4.69) is 59.0 Å². The molecule has 0 spiro atoms. The molecule has 0 unspecified atom stereocenters. The Morgan fingerprint density at radius 1 is 0.784 bits per heavy atom. The Morgan fingerprint density at radius 3 is 1.76 bits per heavy atom. The Labute approximate surface area is 228 Å². The Hall–Kier alpha value is 0.0275. The number of carbonyl (C=O) groups excluding carboxylic acids is 1. The van der Waals surface area contributed by atoms with E-state index in [4.69, 9.17) is 35.4 Å². The third-order valence-corrected chi connectivity index (χ3v) is 22.1. The summed E-state index contributed by atoms with van der Waals surface area (Å²) in [4.78, 5) is 11.4. The van der Waals surface area contributed by atoms with Crippen LogP contribution in [-0.2, 0) is 44.7 Å². The lowest BCUT2D eigenvalue weighted by Gasteiger charge is -2.41. The lowest BCUT2D eigenvalue weighted by atomic mass is 10.4. The second kappa shape index (κ2) is 15.1. The van der Waals surface area contributed by atoms with Gasteiger partial charge in [0.2, 0.25) is 0 Å². The largest absolute Gasteiger partial charge is 0.474 e. The Morgan fingerprint density at radius 2 is 1.27 bits per heavy atom. The first-order chi connectivity index (χ1) is 16.9. The summed E-state index contributed by atoms with van der Waals surface area (Å²) in [5.74, 6) is -0.392. The molecule has 0 saturated carbocycles. The third-order valence-electron chi connectivity index (χ3n) is 5.17.